The minimum absolute atomic E-state index is 0.110. The van der Waals surface area contributed by atoms with E-state index in [1.54, 1.807) is 0 Å². The molecule has 4 heteroatoms. The highest BCUT2D eigenvalue weighted by molar-refractivity contribution is 6.30. The smallest absolute Gasteiger partial charge is 0.0957 e. The first-order valence-electron chi connectivity index (χ1n) is 7.54. The predicted octanol–water partition coefficient (Wildman–Crippen LogP) is 2.71. The maximum absolute atomic E-state index is 10.3. The highest BCUT2D eigenvalue weighted by Gasteiger charge is 2.41. The molecule has 2 aromatic rings. The summed E-state index contributed by atoms with van der Waals surface area (Å²) in [4.78, 5) is 0. The van der Waals surface area contributed by atoms with E-state index in [-0.39, 0.29) is 12.0 Å². The molecule has 0 amide bonds. The number of hydrogen-bond acceptors (Lipinski definition) is 3. The molecule has 0 spiro atoms. The summed E-state index contributed by atoms with van der Waals surface area (Å²) >= 11 is 5.89. The highest BCUT2D eigenvalue weighted by atomic mass is 35.5. The molecule has 1 aliphatic carbocycles. The van der Waals surface area contributed by atoms with Crippen molar-refractivity contribution in [1.29, 1.82) is 0 Å². The Kier molecular flexibility index (Phi) is 4.79. The van der Waals surface area contributed by atoms with Crippen LogP contribution in [0.5, 0.6) is 0 Å². The average molecular weight is 318 g/mol. The van der Waals surface area contributed by atoms with Crippen LogP contribution >= 0.6 is 11.6 Å². The van der Waals surface area contributed by atoms with Crippen LogP contribution in [0.1, 0.15) is 23.5 Å². The molecule has 3 nitrogen and oxygen atoms in total. The topological polar surface area (TPSA) is 52.5 Å². The molecule has 0 radical (unpaired) electrons. The van der Waals surface area contributed by atoms with Gasteiger partial charge in [0.2, 0.25) is 0 Å². The molecule has 0 bridgehead atoms. The number of rotatable bonds is 4. The molecular weight excluding hydrogens is 298 g/mol. The fourth-order valence-electron chi connectivity index (χ4n) is 3.17. The van der Waals surface area contributed by atoms with Crippen molar-refractivity contribution >= 4 is 11.6 Å². The Hall–Kier alpha value is -1.39. The second-order valence-corrected chi connectivity index (χ2v) is 6.28. The zero-order chi connectivity index (χ0) is 15.5. The summed E-state index contributed by atoms with van der Waals surface area (Å²) in [7, 11) is 0. The third kappa shape index (κ3) is 3.33. The first-order valence-corrected chi connectivity index (χ1v) is 7.92. The van der Waals surface area contributed by atoms with E-state index in [1.165, 1.54) is 0 Å². The van der Waals surface area contributed by atoms with Gasteiger partial charge in [-0.15, -0.1) is 0 Å². The summed E-state index contributed by atoms with van der Waals surface area (Å²) < 4.78 is 0. The summed E-state index contributed by atoms with van der Waals surface area (Å²) in [5.74, 6) is 0.110. The van der Waals surface area contributed by atoms with Crippen molar-refractivity contribution in [2.75, 3.05) is 0 Å². The Morgan fingerprint density at radius 1 is 1.00 bits per heavy atom. The maximum atomic E-state index is 10.3. The molecule has 0 aliphatic heterocycles. The van der Waals surface area contributed by atoms with Gasteiger partial charge in [0.25, 0.3) is 0 Å². The van der Waals surface area contributed by atoms with Gasteiger partial charge in [-0.25, -0.2) is 0 Å². The van der Waals surface area contributed by atoms with E-state index in [9.17, 15) is 10.2 Å². The summed E-state index contributed by atoms with van der Waals surface area (Å²) in [6, 6.07) is 17.5. The van der Waals surface area contributed by atoms with E-state index in [1.807, 2.05) is 54.6 Å². The van der Waals surface area contributed by atoms with Crippen LogP contribution < -0.4 is 5.32 Å². The Bertz CT molecular complexity index is 602. The lowest BCUT2D eigenvalue weighted by molar-refractivity contribution is 0.0297. The molecule has 116 valence electrons. The van der Waals surface area contributed by atoms with E-state index in [4.69, 9.17) is 11.6 Å². The van der Waals surface area contributed by atoms with Crippen molar-refractivity contribution in [3.8, 4) is 0 Å². The molecule has 1 aliphatic rings. The van der Waals surface area contributed by atoms with Crippen LogP contribution in [0.15, 0.2) is 54.6 Å². The molecule has 0 heterocycles. The molecule has 4 atom stereocenters. The quantitative estimate of drug-likeness (QED) is 0.812. The zero-order valence-electron chi connectivity index (χ0n) is 12.2. The van der Waals surface area contributed by atoms with Crippen LogP contribution in [0.25, 0.3) is 0 Å². The number of aliphatic hydroxyl groups is 2. The molecule has 1 fully saturated rings. The van der Waals surface area contributed by atoms with Gasteiger partial charge in [-0.05, 0) is 29.7 Å². The predicted molar refractivity (Wildman–Crippen MR) is 87.9 cm³/mol. The van der Waals surface area contributed by atoms with Gasteiger partial charge in [0.15, 0.2) is 0 Å². The Morgan fingerprint density at radius 3 is 2.36 bits per heavy atom. The first kappa shape index (κ1) is 15.5. The number of nitrogens with one attached hydrogen (secondary N) is 1. The van der Waals surface area contributed by atoms with Crippen molar-refractivity contribution in [1.82, 2.24) is 5.32 Å². The third-order valence-corrected chi connectivity index (χ3v) is 4.63. The monoisotopic (exact) mass is 317 g/mol. The summed E-state index contributed by atoms with van der Waals surface area (Å²) in [6.07, 6.45) is -0.867. The molecule has 3 N–H and O–H groups in total. The average Bonchev–Trinajstić information content (AvgIpc) is 2.83. The Labute approximate surface area is 135 Å². The summed E-state index contributed by atoms with van der Waals surface area (Å²) in [6.45, 7) is 0.634. The third-order valence-electron chi connectivity index (χ3n) is 4.37. The number of halogens is 1. The van der Waals surface area contributed by atoms with Crippen LogP contribution in [0, 0.1) is 0 Å². The molecule has 2 aromatic carbocycles. The normalized spacial score (nSPS) is 28.0. The van der Waals surface area contributed by atoms with Crippen molar-refractivity contribution in [2.45, 2.75) is 37.1 Å². The highest BCUT2D eigenvalue weighted by Crippen LogP contribution is 2.35. The molecule has 1 saturated carbocycles. The fourth-order valence-corrected chi connectivity index (χ4v) is 3.29. The number of aliphatic hydroxyl groups excluding tert-OH is 2. The van der Waals surface area contributed by atoms with E-state index in [0.717, 1.165) is 11.1 Å². The van der Waals surface area contributed by atoms with Gasteiger partial charge >= 0.3 is 0 Å². The molecular formula is C18H20ClNO2. The van der Waals surface area contributed by atoms with E-state index in [0.29, 0.717) is 18.0 Å². The summed E-state index contributed by atoms with van der Waals surface area (Å²) in [5, 5.41) is 24.4. The zero-order valence-corrected chi connectivity index (χ0v) is 12.9. The Balaban J connectivity index is 1.73. The number of hydrogen-bond donors (Lipinski definition) is 3. The molecule has 0 unspecified atom stereocenters. The van der Waals surface area contributed by atoms with Crippen molar-refractivity contribution in [2.24, 2.45) is 0 Å². The summed E-state index contributed by atoms with van der Waals surface area (Å²) in [5.41, 5.74) is 2.25. The second kappa shape index (κ2) is 6.80. The molecule has 22 heavy (non-hydrogen) atoms. The van der Waals surface area contributed by atoms with Crippen LogP contribution in [-0.2, 0) is 6.54 Å². The van der Waals surface area contributed by atoms with Crippen LogP contribution in [0.4, 0.5) is 0 Å². The molecule has 0 saturated heterocycles. The van der Waals surface area contributed by atoms with E-state index < -0.39 is 12.2 Å². The lowest BCUT2D eigenvalue weighted by atomic mass is 9.93. The van der Waals surface area contributed by atoms with Gasteiger partial charge in [-0.1, -0.05) is 54.1 Å². The minimum atomic E-state index is -0.752. The largest absolute Gasteiger partial charge is 0.390 e. The van der Waals surface area contributed by atoms with Gasteiger partial charge in [-0.3, -0.25) is 0 Å². The van der Waals surface area contributed by atoms with Crippen LogP contribution in [0.3, 0.4) is 0 Å². The maximum Gasteiger partial charge on any atom is 0.0957 e. The van der Waals surface area contributed by atoms with Gasteiger partial charge in [0, 0.05) is 23.5 Å². The lowest BCUT2D eigenvalue weighted by Gasteiger charge is -2.24. The van der Waals surface area contributed by atoms with Gasteiger partial charge in [0.1, 0.15) is 0 Å². The van der Waals surface area contributed by atoms with Crippen molar-refractivity contribution in [3.63, 3.8) is 0 Å². The van der Waals surface area contributed by atoms with Crippen LogP contribution in [-0.4, -0.2) is 28.5 Å². The van der Waals surface area contributed by atoms with Crippen molar-refractivity contribution < 1.29 is 10.2 Å². The Morgan fingerprint density at radius 2 is 1.68 bits per heavy atom. The first-order chi connectivity index (χ1) is 10.6. The lowest BCUT2D eigenvalue weighted by Crippen LogP contribution is -2.41. The van der Waals surface area contributed by atoms with E-state index in [2.05, 4.69) is 5.32 Å². The SMILES string of the molecule is O[C@H]1[C@H](NCc2ccc(Cl)cc2)[C@@H](c2ccccc2)C[C@H]1O. The molecule has 0 aromatic heterocycles. The van der Waals surface area contributed by atoms with Gasteiger partial charge in [-0.2, -0.15) is 0 Å². The van der Waals surface area contributed by atoms with Crippen molar-refractivity contribution in [3.05, 3.63) is 70.7 Å². The van der Waals surface area contributed by atoms with Gasteiger partial charge in [0.05, 0.1) is 12.2 Å². The fraction of sp³-hybridized carbons (Fsp3) is 0.333. The standard InChI is InChI=1S/C18H20ClNO2/c19-14-8-6-12(7-9-14)11-20-17-15(10-16(21)18(17)22)13-4-2-1-3-5-13/h1-9,15-18,20-22H,10-11H2/t15-,16-,17-,18-/m1/s1. The van der Waals surface area contributed by atoms with E-state index >= 15 is 0 Å². The molecule has 3 rings (SSSR count). The second-order valence-electron chi connectivity index (χ2n) is 5.84. The minimum Gasteiger partial charge on any atom is -0.390 e. The number of benzene rings is 2. The van der Waals surface area contributed by atoms with Crippen LogP contribution in [0.2, 0.25) is 5.02 Å². The van der Waals surface area contributed by atoms with Gasteiger partial charge < -0.3 is 15.5 Å².